The van der Waals surface area contributed by atoms with Gasteiger partial charge in [0.15, 0.2) is 0 Å². The third kappa shape index (κ3) is 2.96. The van der Waals surface area contributed by atoms with Gasteiger partial charge in [-0.3, -0.25) is 0 Å². The van der Waals surface area contributed by atoms with Crippen molar-refractivity contribution in [2.75, 3.05) is 13.7 Å². The monoisotopic (exact) mass is 230 g/mol. The van der Waals surface area contributed by atoms with Crippen molar-refractivity contribution in [3.05, 3.63) is 11.8 Å². The normalized spacial score (nSPS) is 26.6. The van der Waals surface area contributed by atoms with Crippen molar-refractivity contribution in [1.29, 1.82) is 0 Å². The highest BCUT2D eigenvalue weighted by molar-refractivity contribution is 5.86. The number of carbonyl (C=O) groups is 1. The summed E-state index contributed by atoms with van der Waals surface area (Å²) in [5.41, 5.74) is 0. The smallest absolute Gasteiger partial charge is 0.372 e. The Labute approximate surface area is 94.7 Å². The van der Waals surface area contributed by atoms with Gasteiger partial charge in [-0.15, -0.1) is 0 Å². The quantitative estimate of drug-likeness (QED) is 0.675. The lowest BCUT2D eigenvalue weighted by atomic mass is 9.92. The van der Waals surface area contributed by atoms with Gasteiger partial charge in [0, 0.05) is 13.0 Å². The Morgan fingerprint density at radius 1 is 1.75 bits per heavy atom. The predicted molar refractivity (Wildman–Crippen MR) is 56.5 cm³/mol. The maximum atomic E-state index is 11.3. The molecule has 0 amide bonds. The fourth-order valence-corrected chi connectivity index (χ4v) is 1.72. The molecule has 92 valence electrons. The first-order valence-corrected chi connectivity index (χ1v) is 5.34. The maximum absolute atomic E-state index is 11.3. The van der Waals surface area contributed by atoms with Crippen molar-refractivity contribution in [1.82, 2.24) is 0 Å². The lowest BCUT2D eigenvalue weighted by Crippen LogP contribution is -2.38. The molecule has 16 heavy (non-hydrogen) atoms. The summed E-state index contributed by atoms with van der Waals surface area (Å²) in [4.78, 5) is 11.3. The summed E-state index contributed by atoms with van der Waals surface area (Å²) < 4.78 is 9.94. The van der Waals surface area contributed by atoms with Crippen molar-refractivity contribution in [2.45, 2.75) is 32.0 Å². The van der Waals surface area contributed by atoms with E-state index in [4.69, 9.17) is 9.84 Å². The summed E-state index contributed by atoms with van der Waals surface area (Å²) in [5, 5.41) is 18.5. The van der Waals surface area contributed by atoms with Crippen LogP contribution in [0.2, 0.25) is 0 Å². The van der Waals surface area contributed by atoms with E-state index in [1.54, 1.807) is 6.08 Å². The molecule has 0 saturated heterocycles. The first-order chi connectivity index (χ1) is 7.60. The van der Waals surface area contributed by atoms with Gasteiger partial charge in [0.1, 0.15) is 6.10 Å². The van der Waals surface area contributed by atoms with Crippen LogP contribution in [0.15, 0.2) is 11.8 Å². The van der Waals surface area contributed by atoms with Gasteiger partial charge >= 0.3 is 5.97 Å². The van der Waals surface area contributed by atoms with E-state index in [2.05, 4.69) is 4.74 Å². The highest BCUT2D eigenvalue weighted by atomic mass is 16.6. The topological polar surface area (TPSA) is 76.0 Å². The summed E-state index contributed by atoms with van der Waals surface area (Å²) in [6.07, 6.45) is 1.32. The Hall–Kier alpha value is -1.07. The highest BCUT2D eigenvalue weighted by Crippen LogP contribution is 2.26. The number of esters is 1. The van der Waals surface area contributed by atoms with Crippen LogP contribution in [-0.4, -0.2) is 42.1 Å². The summed E-state index contributed by atoms with van der Waals surface area (Å²) in [5.74, 6) is -0.286. The molecule has 1 heterocycles. The second kappa shape index (κ2) is 5.86. The summed E-state index contributed by atoms with van der Waals surface area (Å²) in [6.45, 7) is 1.82. The molecule has 0 spiro atoms. The third-order valence-corrected chi connectivity index (χ3v) is 2.69. The van der Waals surface area contributed by atoms with Gasteiger partial charge in [0.05, 0.1) is 13.2 Å². The number of carbonyl (C=O) groups excluding carboxylic acids is 1. The fourth-order valence-electron chi connectivity index (χ4n) is 1.72. The van der Waals surface area contributed by atoms with Crippen LogP contribution in [0.3, 0.4) is 0 Å². The molecule has 3 atom stereocenters. The molecule has 5 nitrogen and oxygen atoms in total. The van der Waals surface area contributed by atoms with Crippen LogP contribution >= 0.6 is 0 Å². The summed E-state index contributed by atoms with van der Waals surface area (Å²) in [6, 6.07) is 0. The first-order valence-electron chi connectivity index (χ1n) is 5.34. The largest absolute Gasteiger partial charge is 0.480 e. The minimum Gasteiger partial charge on any atom is -0.480 e. The number of aliphatic hydroxyl groups is 2. The Morgan fingerprint density at radius 3 is 3.00 bits per heavy atom. The van der Waals surface area contributed by atoms with Crippen LogP contribution in [-0.2, 0) is 14.3 Å². The number of hydrogen-bond donors (Lipinski definition) is 2. The molecular formula is C11H18O5. The van der Waals surface area contributed by atoms with E-state index in [0.29, 0.717) is 6.42 Å². The van der Waals surface area contributed by atoms with Crippen molar-refractivity contribution < 1.29 is 24.5 Å². The lowest BCUT2D eigenvalue weighted by Gasteiger charge is -2.32. The minimum absolute atomic E-state index is 0.106. The third-order valence-electron chi connectivity index (χ3n) is 2.69. The van der Waals surface area contributed by atoms with Crippen LogP contribution in [0.1, 0.15) is 19.8 Å². The molecule has 0 fully saturated rings. The number of allylic oxidation sites excluding steroid dienone is 1. The van der Waals surface area contributed by atoms with E-state index >= 15 is 0 Å². The second-order valence-electron chi connectivity index (χ2n) is 3.94. The molecule has 0 radical (unpaired) electrons. The van der Waals surface area contributed by atoms with E-state index in [1.807, 2.05) is 6.92 Å². The highest BCUT2D eigenvalue weighted by Gasteiger charge is 2.32. The molecule has 2 N–H and O–H groups in total. The standard InChI is InChI=1S/C11H18O5/c1-7-3-4-9(11(14)15-2)16-10(7)8(13)5-6-12/h4,7-8,10,12-13H,3,5-6H2,1-2H3. The molecule has 0 aromatic heterocycles. The molecule has 1 rings (SSSR count). The number of rotatable bonds is 4. The molecule has 0 aromatic rings. The number of ether oxygens (including phenoxy) is 2. The first kappa shape index (κ1) is 13.0. The fraction of sp³-hybridized carbons (Fsp3) is 0.727. The van der Waals surface area contributed by atoms with Crippen LogP contribution in [0.4, 0.5) is 0 Å². The van der Waals surface area contributed by atoms with Gasteiger partial charge in [-0.2, -0.15) is 0 Å². The number of hydrogen-bond acceptors (Lipinski definition) is 5. The molecule has 0 bridgehead atoms. The van der Waals surface area contributed by atoms with E-state index in [1.165, 1.54) is 7.11 Å². The molecule has 0 aromatic carbocycles. The Balaban J connectivity index is 2.67. The molecule has 1 aliphatic heterocycles. The van der Waals surface area contributed by atoms with Gasteiger partial charge in [0.25, 0.3) is 0 Å². The molecule has 0 saturated carbocycles. The van der Waals surface area contributed by atoms with Gasteiger partial charge in [-0.25, -0.2) is 4.79 Å². The number of aliphatic hydroxyl groups excluding tert-OH is 2. The van der Waals surface area contributed by atoms with Gasteiger partial charge in [-0.05, 0) is 18.4 Å². The molecule has 3 unspecified atom stereocenters. The molecule has 1 aliphatic rings. The Kier molecular flexibility index (Phi) is 4.76. The van der Waals surface area contributed by atoms with Gasteiger partial charge in [-0.1, -0.05) is 6.92 Å². The summed E-state index contributed by atoms with van der Waals surface area (Å²) in [7, 11) is 1.28. The molecule has 5 heteroatoms. The molecular weight excluding hydrogens is 212 g/mol. The Morgan fingerprint density at radius 2 is 2.44 bits per heavy atom. The van der Waals surface area contributed by atoms with Crippen LogP contribution < -0.4 is 0 Å². The van der Waals surface area contributed by atoms with Crippen LogP contribution in [0.25, 0.3) is 0 Å². The van der Waals surface area contributed by atoms with Gasteiger partial charge < -0.3 is 19.7 Å². The van der Waals surface area contributed by atoms with E-state index in [-0.39, 0.29) is 24.7 Å². The zero-order chi connectivity index (χ0) is 12.1. The van der Waals surface area contributed by atoms with Crippen LogP contribution in [0, 0.1) is 5.92 Å². The Bertz CT molecular complexity index is 274. The van der Waals surface area contributed by atoms with Crippen molar-refractivity contribution in [3.8, 4) is 0 Å². The zero-order valence-corrected chi connectivity index (χ0v) is 9.55. The van der Waals surface area contributed by atoms with Crippen molar-refractivity contribution in [3.63, 3.8) is 0 Å². The second-order valence-corrected chi connectivity index (χ2v) is 3.94. The lowest BCUT2D eigenvalue weighted by molar-refractivity contribution is -0.145. The van der Waals surface area contributed by atoms with E-state index in [0.717, 1.165) is 0 Å². The minimum atomic E-state index is -0.770. The van der Waals surface area contributed by atoms with Crippen molar-refractivity contribution >= 4 is 5.97 Å². The van der Waals surface area contributed by atoms with Crippen LogP contribution in [0.5, 0.6) is 0 Å². The average molecular weight is 230 g/mol. The van der Waals surface area contributed by atoms with E-state index < -0.39 is 18.2 Å². The molecule has 0 aliphatic carbocycles. The van der Waals surface area contributed by atoms with Crippen molar-refractivity contribution in [2.24, 2.45) is 5.92 Å². The number of methoxy groups -OCH3 is 1. The predicted octanol–water partition coefficient (Wildman–Crippen LogP) is 0.212. The van der Waals surface area contributed by atoms with E-state index in [9.17, 15) is 9.90 Å². The maximum Gasteiger partial charge on any atom is 0.372 e. The SMILES string of the molecule is COC(=O)C1=CCC(C)C(C(O)CCO)O1. The average Bonchev–Trinajstić information content (AvgIpc) is 2.29. The zero-order valence-electron chi connectivity index (χ0n) is 9.55. The summed E-state index contributed by atoms with van der Waals surface area (Å²) >= 11 is 0. The van der Waals surface area contributed by atoms with Gasteiger partial charge in [0.2, 0.25) is 5.76 Å².